The molecule has 0 radical (unpaired) electrons. The van der Waals surface area contributed by atoms with E-state index in [1.165, 1.54) is 6.21 Å². The predicted octanol–water partition coefficient (Wildman–Crippen LogP) is 4.84. The largest absolute Gasteiger partial charge is 0.273 e. The molecule has 0 heterocycles. The van der Waals surface area contributed by atoms with Crippen molar-refractivity contribution >= 4 is 46.1 Å². The van der Waals surface area contributed by atoms with Crippen LogP contribution in [0.15, 0.2) is 65.8 Å². The van der Waals surface area contributed by atoms with Crippen LogP contribution in [0.1, 0.15) is 11.1 Å². The Kier molecular flexibility index (Phi) is 5.14. The van der Waals surface area contributed by atoms with Crippen LogP contribution in [0, 0.1) is 0 Å². The van der Waals surface area contributed by atoms with Crippen molar-refractivity contribution < 1.29 is 4.79 Å². The van der Waals surface area contributed by atoms with Gasteiger partial charge in [-0.05, 0) is 34.0 Å². The summed E-state index contributed by atoms with van der Waals surface area (Å²) in [6.07, 6.45) is 1.79. The van der Waals surface area contributed by atoms with Gasteiger partial charge in [0.1, 0.15) is 0 Å². The highest BCUT2D eigenvalue weighted by Gasteiger charge is 2.06. The molecule has 0 saturated carbocycles. The van der Waals surface area contributed by atoms with Crippen LogP contribution in [-0.2, 0) is 11.2 Å². The van der Waals surface area contributed by atoms with E-state index < -0.39 is 0 Å². The van der Waals surface area contributed by atoms with Gasteiger partial charge in [-0.15, -0.1) is 0 Å². The minimum Gasteiger partial charge on any atom is -0.273 e. The molecule has 3 aromatic carbocycles. The second-order valence-corrected chi connectivity index (χ2v) is 6.10. The highest BCUT2D eigenvalue weighted by atomic mass is 35.5. The summed E-state index contributed by atoms with van der Waals surface area (Å²) in [4.78, 5) is 12.1. The number of hydrogen-bond acceptors (Lipinski definition) is 2. The molecule has 5 heteroatoms. The third-order valence-electron chi connectivity index (χ3n) is 3.58. The van der Waals surface area contributed by atoms with Gasteiger partial charge >= 0.3 is 0 Å². The quantitative estimate of drug-likeness (QED) is 0.527. The lowest BCUT2D eigenvalue weighted by Gasteiger charge is -2.05. The van der Waals surface area contributed by atoms with Crippen molar-refractivity contribution in [2.45, 2.75) is 6.42 Å². The third-order valence-corrected chi connectivity index (χ3v) is 4.32. The topological polar surface area (TPSA) is 41.5 Å². The highest BCUT2D eigenvalue weighted by molar-refractivity contribution is 6.42. The molecule has 0 aromatic heterocycles. The predicted molar refractivity (Wildman–Crippen MR) is 99.9 cm³/mol. The van der Waals surface area contributed by atoms with Gasteiger partial charge in [0, 0.05) is 0 Å². The fraction of sp³-hybridized carbons (Fsp3) is 0.0526. The van der Waals surface area contributed by atoms with Crippen LogP contribution in [0.4, 0.5) is 0 Å². The van der Waals surface area contributed by atoms with Crippen molar-refractivity contribution in [3.05, 3.63) is 81.8 Å². The number of benzene rings is 3. The summed E-state index contributed by atoms with van der Waals surface area (Å²) in [5, 5.41) is 7.08. The zero-order valence-corrected chi connectivity index (χ0v) is 14.2. The first-order valence-corrected chi connectivity index (χ1v) is 8.13. The van der Waals surface area contributed by atoms with Gasteiger partial charge in [0.15, 0.2) is 0 Å². The Hall–Kier alpha value is -2.36. The van der Waals surface area contributed by atoms with Crippen LogP contribution in [0.2, 0.25) is 10.0 Å². The van der Waals surface area contributed by atoms with E-state index in [0.717, 1.165) is 21.9 Å². The summed E-state index contributed by atoms with van der Waals surface area (Å²) in [5.41, 5.74) is 4.26. The SMILES string of the molecule is O=C(Cc1cccc2ccccc12)N/N=C/c1ccc(Cl)c(Cl)c1. The minimum absolute atomic E-state index is 0.178. The fourth-order valence-electron chi connectivity index (χ4n) is 2.43. The molecule has 0 bridgehead atoms. The van der Waals surface area contributed by atoms with Gasteiger partial charge in [0.25, 0.3) is 0 Å². The summed E-state index contributed by atoms with van der Waals surface area (Å²) < 4.78 is 0. The molecule has 0 atom stereocenters. The molecule has 0 spiro atoms. The molecule has 3 aromatic rings. The second-order valence-electron chi connectivity index (χ2n) is 5.28. The summed E-state index contributed by atoms with van der Waals surface area (Å²) in [6.45, 7) is 0. The van der Waals surface area contributed by atoms with Gasteiger partial charge < -0.3 is 0 Å². The molecular formula is C19H14Cl2N2O. The Morgan fingerprint density at radius 2 is 1.79 bits per heavy atom. The molecule has 3 nitrogen and oxygen atoms in total. The lowest BCUT2D eigenvalue weighted by Crippen LogP contribution is -2.19. The van der Waals surface area contributed by atoms with Crippen LogP contribution >= 0.6 is 23.2 Å². The van der Waals surface area contributed by atoms with E-state index in [1.54, 1.807) is 18.2 Å². The number of amides is 1. The molecule has 1 N–H and O–H groups in total. The average molecular weight is 357 g/mol. The first kappa shape index (κ1) is 16.5. The molecule has 24 heavy (non-hydrogen) atoms. The van der Waals surface area contributed by atoms with Gasteiger partial charge in [0.05, 0.1) is 22.7 Å². The van der Waals surface area contributed by atoms with Crippen LogP contribution in [-0.4, -0.2) is 12.1 Å². The van der Waals surface area contributed by atoms with Gasteiger partial charge in [-0.3, -0.25) is 4.79 Å². The summed E-state index contributed by atoms with van der Waals surface area (Å²) >= 11 is 11.8. The standard InChI is InChI=1S/C19H14Cl2N2O/c20-17-9-8-13(10-18(17)21)12-22-23-19(24)11-15-6-3-5-14-4-1-2-7-16(14)15/h1-10,12H,11H2,(H,23,24)/b22-12+. The summed E-state index contributed by atoms with van der Waals surface area (Å²) in [7, 11) is 0. The zero-order valence-electron chi connectivity index (χ0n) is 12.7. The number of nitrogens with one attached hydrogen (secondary N) is 1. The molecule has 1 amide bonds. The van der Waals surface area contributed by atoms with Crippen molar-refractivity contribution in [3.63, 3.8) is 0 Å². The molecule has 0 aliphatic rings. The van der Waals surface area contributed by atoms with Crippen LogP contribution in [0.5, 0.6) is 0 Å². The number of rotatable bonds is 4. The molecular weight excluding hydrogens is 343 g/mol. The molecule has 0 aliphatic heterocycles. The number of halogens is 2. The lowest BCUT2D eigenvalue weighted by molar-refractivity contribution is -0.120. The molecule has 0 aliphatic carbocycles. The lowest BCUT2D eigenvalue weighted by atomic mass is 10.0. The average Bonchev–Trinajstić information content (AvgIpc) is 2.58. The van der Waals surface area contributed by atoms with Crippen molar-refractivity contribution in [1.82, 2.24) is 5.43 Å². The maximum Gasteiger partial charge on any atom is 0.244 e. The number of carbonyl (C=O) groups excluding carboxylic acids is 1. The van der Waals surface area contributed by atoms with Gasteiger partial charge in [-0.1, -0.05) is 71.7 Å². The Morgan fingerprint density at radius 3 is 2.62 bits per heavy atom. The monoisotopic (exact) mass is 356 g/mol. The zero-order chi connectivity index (χ0) is 16.9. The first-order chi connectivity index (χ1) is 11.6. The van der Waals surface area contributed by atoms with E-state index in [-0.39, 0.29) is 12.3 Å². The van der Waals surface area contributed by atoms with Gasteiger partial charge in [-0.2, -0.15) is 5.10 Å². The Balaban J connectivity index is 1.67. The van der Waals surface area contributed by atoms with Crippen LogP contribution in [0.25, 0.3) is 10.8 Å². The summed E-state index contributed by atoms with van der Waals surface area (Å²) in [6, 6.07) is 19.0. The number of carbonyl (C=O) groups is 1. The third kappa shape index (κ3) is 3.94. The highest BCUT2D eigenvalue weighted by Crippen LogP contribution is 2.22. The van der Waals surface area contributed by atoms with Crippen LogP contribution in [0.3, 0.4) is 0 Å². The van der Waals surface area contributed by atoms with E-state index >= 15 is 0 Å². The fourth-order valence-corrected chi connectivity index (χ4v) is 2.74. The van der Waals surface area contributed by atoms with Crippen molar-refractivity contribution in [1.29, 1.82) is 0 Å². The van der Waals surface area contributed by atoms with Crippen molar-refractivity contribution in [2.24, 2.45) is 5.10 Å². The van der Waals surface area contributed by atoms with E-state index in [9.17, 15) is 4.79 Å². The first-order valence-electron chi connectivity index (χ1n) is 7.37. The second kappa shape index (κ2) is 7.47. The maximum absolute atomic E-state index is 12.1. The van der Waals surface area contributed by atoms with E-state index in [0.29, 0.717) is 10.0 Å². The number of fused-ring (bicyclic) bond motifs is 1. The van der Waals surface area contributed by atoms with E-state index in [2.05, 4.69) is 10.5 Å². The number of hydrogen-bond donors (Lipinski definition) is 1. The molecule has 120 valence electrons. The Morgan fingerprint density at radius 1 is 1.00 bits per heavy atom. The summed E-state index contributed by atoms with van der Waals surface area (Å²) in [5.74, 6) is -0.178. The molecule has 0 fully saturated rings. The normalized spacial score (nSPS) is 11.1. The number of nitrogens with zero attached hydrogens (tertiary/aromatic N) is 1. The molecule has 0 unspecified atom stereocenters. The van der Waals surface area contributed by atoms with Gasteiger partial charge in [-0.25, -0.2) is 5.43 Å². The van der Waals surface area contributed by atoms with Crippen LogP contribution < -0.4 is 5.43 Å². The molecule has 3 rings (SSSR count). The number of hydrazone groups is 1. The van der Waals surface area contributed by atoms with E-state index in [4.69, 9.17) is 23.2 Å². The maximum atomic E-state index is 12.1. The Bertz CT molecular complexity index is 917. The molecule has 0 saturated heterocycles. The Labute approximate surface area is 149 Å². The van der Waals surface area contributed by atoms with Crippen molar-refractivity contribution in [3.8, 4) is 0 Å². The smallest absolute Gasteiger partial charge is 0.244 e. The minimum atomic E-state index is -0.178. The van der Waals surface area contributed by atoms with Gasteiger partial charge in [0.2, 0.25) is 5.91 Å². The van der Waals surface area contributed by atoms with Crippen molar-refractivity contribution in [2.75, 3.05) is 0 Å². The van der Waals surface area contributed by atoms with E-state index in [1.807, 2.05) is 42.5 Å².